The number of phenols is 1. The molecule has 0 aromatic heterocycles. The van der Waals surface area contributed by atoms with Crippen molar-refractivity contribution in [3.05, 3.63) is 58.7 Å². The highest BCUT2D eigenvalue weighted by atomic mass is 16.4. The number of carboxylic acids is 1. The van der Waals surface area contributed by atoms with Gasteiger partial charge in [-0.2, -0.15) is 0 Å². The van der Waals surface area contributed by atoms with E-state index in [0.717, 1.165) is 24.2 Å². The maximum atomic E-state index is 11.0. The van der Waals surface area contributed by atoms with Crippen LogP contribution in [0.3, 0.4) is 0 Å². The lowest BCUT2D eigenvalue weighted by Gasteiger charge is -2.30. The molecule has 0 amide bonds. The molecular weight excluding hydrogens is 380 g/mol. The average molecular weight is 413 g/mol. The number of rotatable bonds is 8. The minimum atomic E-state index is -1.17. The van der Waals surface area contributed by atoms with Crippen molar-refractivity contribution in [1.29, 1.82) is 0 Å². The fourth-order valence-corrected chi connectivity index (χ4v) is 3.58. The van der Waals surface area contributed by atoms with Gasteiger partial charge >= 0.3 is 5.97 Å². The Hall–Kier alpha value is -3.02. The molecule has 0 aliphatic rings. The second-order valence-electron chi connectivity index (χ2n) is 8.36. The van der Waals surface area contributed by atoms with Crippen molar-refractivity contribution < 1.29 is 20.2 Å². The molecule has 30 heavy (non-hydrogen) atoms. The number of aromatic carboxylic acids is 1. The predicted octanol–water partition coefficient (Wildman–Crippen LogP) is 5.05. The largest absolute Gasteiger partial charge is 0.507 e. The highest BCUT2D eigenvalue weighted by molar-refractivity contribution is 6.01. The number of carbonyl (C=O) groups is 1. The smallest absolute Gasteiger partial charge is 0.339 e. The highest BCUT2D eigenvalue weighted by Gasteiger charge is 2.22. The van der Waals surface area contributed by atoms with Gasteiger partial charge in [-0.15, -0.1) is 0 Å². The van der Waals surface area contributed by atoms with Gasteiger partial charge in [-0.05, 0) is 73.1 Å². The Labute approximate surface area is 178 Å². The molecule has 0 heterocycles. The molecule has 0 saturated carbocycles. The Morgan fingerprint density at radius 3 is 2.23 bits per heavy atom. The third-order valence-electron chi connectivity index (χ3n) is 5.31. The van der Waals surface area contributed by atoms with E-state index >= 15 is 0 Å². The van der Waals surface area contributed by atoms with Crippen molar-refractivity contribution in [1.82, 2.24) is 0 Å². The molecule has 0 fully saturated rings. The van der Waals surface area contributed by atoms with E-state index in [2.05, 4.69) is 56.8 Å². The SMILES string of the molecule is CCN(CC)c1ccc(/C(CCc2ccc(C(=O)O)c(O)c2)=N/O)cc1C(C)(C)C. The van der Waals surface area contributed by atoms with Crippen molar-refractivity contribution >= 4 is 17.4 Å². The average Bonchev–Trinajstić information content (AvgIpc) is 2.69. The Morgan fingerprint density at radius 1 is 1.07 bits per heavy atom. The Bertz CT molecular complexity index is 925. The van der Waals surface area contributed by atoms with E-state index in [1.807, 2.05) is 6.07 Å². The zero-order chi connectivity index (χ0) is 22.5. The fourth-order valence-electron chi connectivity index (χ4n) is 3.58. The summed E-state index contributed by atoms with van der Waals surface area (Å²) in [6, 6.07) is 10.7. The number of hydrogen-bond acceptors (Lipinski definition) is 5. The van der Waals surface area contributed by atoms with E-state index in [4.69, 9.17) is 5.11 Å². The van der Waals surface area contributed by atoms with Crippen LogP contribution in [0.25, 0.3) is 0 Å². The van der Waals surface area contributed by atoms with E-state index in [0.29, 0.717) is 18.6 Å². The second kappa shape index (κ2) is 9.65. The lowest BCUT2D eigenvalue weighted by Crippen LogP contribution is -2.26. The van der Waals surface area contributed by atoms with Crippen LogP contribution < -0.4 is 4.90 Å². The molecule has 0 aliphatic carbocycles. The molecule has 6 nitrogen and oxygen atoms in total. The van der Waals surface area contributed by atoms with Gasteiger partial charge in [0, 0.05) is 18.8 Å². The van der Waals surface area contributed by atoms with Crippen molar-refractivity contribution in [2.45, 2.75) is 52.9 Å². The first kappa shape index (κ1) is 23.3. The molecule has 0 radical (unpaired) electrons. The first-order valence-electron chi connectivity index (χ1n) is 10.3. The maximum Gasteiger partial charge on any atom is 0.339 e. The van der Waals surface area contributed by atoms with Gasteiger partial charge in [0.2, 0.25) is 0 Å². The van der Waals surface area contributed by atoms with E-state index in [1.54, 1.807) is 6.07 Å². The zero-order valence-corrected chi connectivity index (χ0v) is 18.4. The quantitative estimate of drug-likeness (QED) is 0.321. The molecule has 0 atom stereocenters. The van der Waals surface area contributed by atoms with Crippen LogP contribution >= 0.6 is 0 Å². The molecule has 162 valence electrons. The third kappa shape index (κ3) is 5.32. The Kier molecular flexibility index (Phi) is 7.48. The van der Waals surface area contributed by atoms with Gasteiger partial charge in [0.25, 0.3) is 0 Å². The number of oxime groups is 1. The Morgan fingerprint density at radius 2 is 1.73 bits per heavy atom. The van der Waals surface area contributed by atoms with Gasteiger partial charge in [0.05, 0.1) is 5.71 Å². The molecule has 0 aliphatic heterocycles. The molecule has 0 spiro atoms. The fraction of sp³-hybridized carbons (Fsp3) is 0.417. The predicted molar refractivity (Wildman–Crippen MR) is 120 cm³/mol. The van der Waals surface area contributed by atoms with E-state index < -0.39 is 5.97 Å². The van der Waals surface area contributed by atoms with Gasteiger partial charge in [0.1, 0.15) is 11.3 Å². The molecule has 0 unspecified atom stereocenters. The summed E-state index contributed by atoms with van der Waals surface area (Å²) >= 11 is 0. The van der Waals surface area contributed by atoms with Crippen molar-refractivity contribution in [3.8, 4) is 5.75 Å². The number of nitrogens with zero attached hydrogens (tertiary/aromatic N) is 2. The van der Waals surface area contributed by atoms with Crippen LogP contribution in [0.15, 0.2) is 41.6 Å². The zero-order valence-electron chi connectivity index (χ0n) is 18.4. The number of aromatic hydroxyl groups is 1. The van der Waals surface area contributed by atoms with E-state index in [9.17, 15) is 15.1 Å². The number of hydrogen-bond donors (Lipinski definition) is 3. The molecule has 2 aromatic rings. The van der Waals surface area contributed by atoms with E-state index in [-0.39, 0.29) is 16.7 Å². The summed E-state index contributed by atoms with van der Waals surface area (Å²) in [6.45, 7) is 12.6. The molecule has 2 aromatic carbocycles. The van der Waals surface area contributed by atoms with Gasteiger partial charge in [-0.25, -0.2) is 4.79 Å². The van der Waals surface area contributed by atoms with Crippen LogP contribution in [-0.2, 0) is 11.8 Å². The first-order valence-corrected chi connectivity index (χ1v) is 10.3. The van der Waals surface area contributed by atoms with Crippen LogP contribution in [0.5, 0.6) is 5.75 Å². The van der Waals surface area contributed by atoms with Crippen LogP contribution in [0.2, 0.25) is 0 Å². The number of anilines is 1. The van der Waals surface area contributed by atoms with E-state index in [1.165, 1.54) is 23.4 Å². The van der Waals surface area contributed by atoms with Gasteiger partial charge < -0.3 is 20.3 Å². The normalized spacial score (nSPS) is 12.1. The van der Waals surface area contributed by atoms with Crippen LogP contribution in [0.4, 0.5) is 5.69 Å². The highest BCUT2D eigenvalue weighted by Crippen LogP contribution is 2.33. The first-order chi connectivity index (χ1) is 14.1. The minimum absolute atomic E-state index is 0.0764. The monoisotopic (exact) mass is 412 g/mol. The molecule has 2 rings (SSSR count). The standard InChI is InChI=1S/C24H32N2O4/c1-6-26(7-2)21-13-10-17(15-19(21)24(3,4)5)20(25-30)12-9-16-8-11-18(23(28)29)22(27)14-16/h8,10-11,13-15,27,30H,6-7,9,12H2,1-5H3,(H,28,29)/b25-20+. The molecule has 3 N–H and O–H groups in total. The summed E-state index contributed by atoms with van der Waals surface area (Å²) in [4.78, 5) is 13.4. The third-order valence-corrected chi connectivity index (χ3v) is 5.31. The number of aryl methyl sites for hydroxylation is 1. The summed E-state index contributed by atoms with van der Waals surface area (Å²) in [6.07, 6.45) is 0.964. The van der Waals surface area contributed by atoms with Gasteiger partial charge in [0.15, 0.2) is 0 Å². The molecule has 0 bridgehead atoms. The number of benzene rings is 2. The summed E-state index contributed by atoms with van der Waals surface area (Å²) < 4.78 is 0. The summed E-state index contributed by atoms with van der Waals surface area (Å²) in [7, 11) is 0. The van der Waals surface area contributed by atoms with Crippen LogP contribution in [0.1, 0.15) is 68.1 Å². The topological polar surface area (TPSA) is 93.4 Å². The van der Waals surface area contributed by atoms with Gasteiger partial charge in [-0.3, -0.25) is 0 Å². The van der Waals surface area contributed by atoms with Crippen LogP contribution in [0, 0.1) is 0 Å². The van der Waals surface area contributed by atoms with Gasteiger partial charge in [-0.1, -0.05) is 38.1 Å². The molecule has 0 saturated heterocycles. The summed E-state index contributed by atoms with van der Waals surface area (Å²) in [5.74, 6) is -1.43. The Balaban J connectivity index is 2.30. The van der Waals surface area contributed by atoms with Crippen molar-refractivity contribution in [3.63, 3.8) is 0 Å². The van der Waals surface area contributed by atoms with Crippen LogP contribution in [-0.4, -0.2) is 40.2 Å². The minimum Gasteiger partial charge on any atom is -0.507 e. The lowest BCUT2D eigenvalue weighted by atomic mass is 9.83. The second-order valence-corrected chi connectivity index (χ2v) is 8.36. The van der Waals surface area contributed by atoms with Crippen molar-refractivity contribution in [2.24, 2.45) is 5.16 Å². The summed E-state index contributed by atoms with van der Waals surface area (Å²) in [5, 5.41) is 32.1. The molecular formula is C24H32N2O4. The molecule has 6 heteroatoms. The lowest BCUT2D eigenvalue weighted by molar-refractivity contribution is 0.0693. The summed E-state index contributed by atoms with van der Waals surface area (Å²) in [5.41, 5.74) is 4.34. The maximum absolute atomic E-state index is 11.0. The van der Waals surface area contributed by atoms with Crippen molar-refractivity contribution in [2.75, 3.05) is 18.0 Å². The number of carboxylic acid groups (broad SMARTS) is 1.